The van der Waals surface area contributed by atoms with Crippen LogP contribution in [-0.4, -0.2) is 16.9 Å². The molecule has 1 rings (SSSR count). The average molecular weight is 286 g/mol. The second-order valence-corrected chi connectivity index (χ2v) is 4.06. The van der Waals surface area contributed by atoms with Crippen LogP contribution in [0.5, 0.6) is 0 Å². The number of aromatic nitrogens is 1. The summed E-state index contributed by atoms with van der Waals surface area (Å²) in [4.78, 5) is 15.0. The molecule has 0 aliphatic carbocycles. The summed E-state index contributed by atoms with van der Waals surface area (Å²) in [6, 6.07) is 2.17. The van der Waals surface area contributed by atoms with Crippen LogP contribution in [0.15, 0.2) is 12.3 Å². The SMILES string of the molecule is CCCC(C#N)NC(=O)c1ccnc(C(F)(F)F)c1N. The van der Waals surface area contributed by atoms with Gasteiger partial charge in [0.05, 0.1) is 17.3 Å². The number of carbonyl (C=O) groups is 1. The fourth-order valence-corrected chi connectivity index (χ4v) is 1.59. The molecule has 0 aliphatic heterocycles. The van der Waals surface area contributed by atoms with Gasteiger partial charge in [0, 0.05) is 6.20 Å². The molecule has 20 heavy (non-hydrogen) atoms. The van der Waals surface area contributed by atoms with Gasteiger partial charge in [0.15, 0.2) is 5.69 Å². The normalized spacial score (nSPS) is 12.6. The first kappa shape index (κ1) is 15.8. The van der Waals surface area contributed by atoms with Crippen LogP contribution in [0.4, 0.5) is 18.9 Å². The van der Waals surface area contributed by atoms with Crippen LogP contribution in [0.25, 0.3) is 0 Å². The minimum atomic E-state index is -4.74. The van der Waals surface area contributed by atoms with E-state index in [0.717, 1.165) is 12.3 Å². The summed E-state index contributed by atoms with van der Waals surface area (Å²) in [6.45, 7) is 1.82. The van der Waals surface area contributed by atoms with E-state index in [0.29, 0.717) is 12.8 Å². The fourth-order valence-electron chi connectivity index (χ4n) is 1.59. The maximum absolute atomic E-state index is 12.6. The Morgan fingerprint density at radius 2 is 2.25 bits per heavy atom. The highest BCUT2D eigenvalue weighted by Gasteiger charge is 2.36. The van der Waals surface area contributed by atoms with Crippen LogP contribution < -0.4 is 11.1 Å². The van der Waals surface area contributed by atoms with Gasteiger partial charge in [-0.1, -0.05) is 13.3 Å². The van der Waals surface area contributed by atoms with Gasteiger partial charge in [-0.2, -0.15) is 18.4 Å². The minimum Gasteiger partial charge on any atom is -0.396 e. The summed E-state index contributed by atoms with van der Waals surface area (Å²) >= 11 is 0. The number of amides is 1. The lowest BCUT2D eigenvalue weighted by molar-refractivity contribution is -0.140. The van der Waals surface area contributed by atoms with Crippen LogP contribution >= 0.6 is 0 Å². The number of nitrogens with zero attached hydrogens (tertiary/aromatic N) is 2. The molecule has 0 radical (unpaired) electrons. The van der Waals surface area contributed by atoms with Crippen molar-refractivity contribution >= 4 is 11.6 Å². The molecule has 1 heterocycles. The zero-order chi connectivity index (χ0) is 15.3. The van der Waals surface area contributed by atoms with Crippen LogP contribution in [0, 0.1) is 11.3 Å². The molecule has 1 aromatic rings. The number of hydrogen-bond acceptors (Lipinski definition) is 4. The molecule has 1 aromatic heterocycles. The van der Waals surface area contributed by atoms with Gasteiger partial charge >= 0.3 is 6.18 Å². The third kappa shape index (κ3) is 3.60. The summed E-state index contributed by atoms with van der Waals surface area (Å²) in [6.07, 6.45) is -2.83. The lowest BCUT2D eigenvalue weighted by Gasteiger charge is -2.14. The van der Waals surface area contributed by atoms with E-state index in [1.165, 1.54) is 0 Å². The molecule has 0 fully saturated rings. The highest BCUT2D eigenvalue weighted by atomic mass is 19.4. The minimum absolute atomic E-state index is 0.344. The number of hydrogen-bond donors (Lipinski definition) is 2. The largest absolute Gasteiger partial charge is 0.435 e. The quantitative estimate of drug-likeness (QED) is 0.886. The number of nitrogens with two attached hydrogens (primary N) is 1. The number of nitrogen functional groups attached to an aromatic ring is 1. The van der Waals surface area contributed by atoms with E-state index in [4.69, 9.17) is 11.0 Å². The zero-order valence-electron chi connectivity index (χ0n) is 10.7. The van der Waals surface area contributed by atoms with Crippen molar-refractivity contribution in [3.8, 4) is 6.07 Å². The van der Waals surface area contributed by atoms with E-state index >= 15 is 0 Å². The molecule has 0 aromatic carbocycles. The van der Waals surface area contributed by atoms with Crippen LogP contribution in [0.2, 0.25) is 0 Å². The molecule has 8 heteroatoms. The molecule has 1 atom stereocenters. The Bertz CT molecular complexity index is 536. The lowest BCUT2D eigenvalue weighted by atomic mass is 10.1. The highest BCUT2D eigenvalue weighted by Crippen LogP contribution is 2.33. The van der Waals surface area contributed by atoms with E-state index in [1.807, 2.05) is 13.0 Å². The van der Waals surface area contributed by atoms with Crippen molar-refractivity contribution in [1.82, 2.24) is 10.3 Å². The second-order valence-electron chi connectivity index (χ2n) is 4.06. The number of nitriles is 1. The van der Waals surface area contributed by atoms with Crippen molar-refractivity contribution in [3.63, 3.8) is 0 Å². The Morgan fingerprint density at radius 1 is 1.60 bits per heavy atom. The van der Waals surface area contributed by atoms with Gasteiger partial charge in [-0.05, 0) is 12.5 Å². The Labute approximate surface area is 113 Å². The standard InChI is InChI=1S/C12H13F3N4O/c1-2-3-7(6-16)19-11(20)8-4-5-18-10(9(8)17)12(13,14)15/h4-5,7H,2-3,17H2,1H3,(H,19,20). The topological polar surface area (TPSA) is 91.8 Å². The van der Waals surface area contributed by atoms with Gasteiger partial charge in [0.1, 0.15) is 6.04 Å². The van der Waals surface area contributed by atoms with Crippen LogP contribution in [-0.2, 0) is 6.18 Å². The smallest absolute Gasteiger partial charge is 0.396 e. The second kappa shape index (κ2) is 6.23. The molecule has 0 saturated carbocycles. The molecule has 5 nitrogen and oxygen atoms in total. The Hall–Kier alpha value is -2.30. The van der Waals surface area contributed by atoms with Crippen molar-refractivity contribution in [2.24, 2.45) is 0 Å². The third-order valence-corrected chi connectivity index (χ3v) is 2.54. The fraction of sp³-hybridized carbons (Fsp3) is 0.417. The number of alkyl halides is 3. The van der Waals surface area contributed by atoms with Gasteiger partial charge in [-0.3, -0.25) is 4.79 Å². The van der Waals surface area contributed by atoms with E-state index in [1.54, 1.807) is 0 Å². The summed E-state index contributed by atoms with van der Waals surface area (Å²) in [5.41, 5.74) is 2.94. The summed E-state index contributed by atoms with van der Waals surface area (Å²) in [5.74, 6) is -0.824. The van der Waals surface area contributed by atoms with Gasteiger partial charge in [0.25, 0.3) is 5.91 Å². The maximum Gasteiger partial charge on any atom is 0.435 e. The average Bonchev–Trinajstić information content (AvgIpc) is 2.36. The third-order valence-electron chi connectivity index (χ3n) is 2.54. The number of pyridine rings is 1. The number of nitrogens with one attached hydrogen (secondary N) is 1. The molecule has 0 spiro atoms. The molecule has 3 N–H and O–H groups in total. The first-order valence-electron chi connectivity index (χ1n) is 5.83. The molecule has 1 unspecified atom stereocenters. The van der Waals surface area contributed by atoms with Crippen molar-refractivity contribution < 1.29 is 18.0 Å². The Kier molecular flexibility index (Phi) is 4.91. The first-order valence-corrected chi connectivity index (χ1v) is 5.83. The number of halogens is 3. The highest BCUT2D eigenvalue weighted by molar-refractivity contribution is 5.99. The lowest BCUT2D eigenvalue weighted by Crippen LogP contribution is -2.34. The van der Waals surface area contributed by atoms with Gasteiger partial charge in [0.2, 0.25) is 0 Å². The van der Waals surface area contributed by atoms with Crippen molar-refractivity contribution in [2.75, 3.05) is 5.73 Å². The first-order chi connectivity index (χ1) is 9.31. The zero-order valence-corrected chi connectivity index (χ0v) is 10.7. The summed E-state index contributed by atoms with van der Waals surface area (Å²) in [5, 5.41) is 11.1. The number of carbonyl (C=O) groups excluding carboxylic acids is 1. The predicted octanol–water partition coefficient (Wildman–Crippen LogP) is 2.10. The Balaban J connectivity index is 3.03. The van der Waals surface area contributed by atoms with Crippen molar-refractivity contribution in [2.45, 2.75) is 32.0 Å². The van der Waals surface area contributed by atoms with E-state index in [-0.39, 0.29) is 5.56 Å². The maximum atomic E-state index is 12.6. The molecule has 0 aliphatic rings. The predicted molar refractivity (Wildman–Crippen MR) is 65.4 cm³/mol. The van der Waals surface area contributed by atoms with E-state index in [9.17, 15) is 18.0 Å². The summed E-state index contributed by atoms with van der Waals surface area (Å²) < 4.78 is 37.8. The summed E-state index contributed by atoms with van der Waals surface area (Å²) in [7, 11) is 0. The van der Waals surface area contributed by atoms with Crippen molar-refractivity contribution in [3.05, 3.63) is 23.5 Å². The number of anilines is 1. The molecule has 0 saturated heterocycles. The number of rotatable bonds is 4. The van der Waals surface area contributed by atoms with Gasteiger partial charge in [-0.15, -0.1) is 0 Å². The van der Waals surface area contributed by atoms with E-state index in [2.05, 4.69) is 10.3 Å². The molecule has 108 valence electrons. The van der Waals surface area contributed by atoms with Crippen molar-refractivity contribution in [1.29, 1.82) is 5.26 Å². The molecule has 1 amide bonds. The van der Waals surface area contributed by atoms with Gasteiger partial charge in [-0.25, -0.2) is 4.98 Å². The molecular weight excluding hydrogens is 273 g/mol. The van der Waals surface area contributed by atoms with E-state index < -0.39 is 29.5 Å². The van der Waals surface area contributed by atoms with Crippen LogP contribution in [0.1, 0.15) is 35.8 Å². The van der Waals surface area contributed by atoms with Crippen LogP contribution in [0.3, 0.4) is 0 Å². The molecule has 0 bridgehead atoms. The molecular formula is C12H13F3N4O. The Morgan fingerprint density at radius 3 is 2.75 bits per heavy atom. The van der Waals surface area contributed by atoms with Gasteiger partial charge < -0.3 is 11.1 Å². The monoisotopic (exact) mass is 286 g/mol.